The van der Waals surface area contributed by atoms with E-state index < -0.39 is 0 Å². The molecule has 2 aromatic rings. The first-order valence-corrected chi connectivity index (χ1v) is 4.59. The van der Waals surface area contributed by atoms with Crippen molar-refractivity contribution in [3.8, 4) is 11.3 Å². The maximum absolute atomic E-state index is 13.5. The molecule has 70 valence electrons. The number of imidazole rings is 1. The summed E-state index contributed by atoms with van der Waals surface area (Å²) in [5, 5.41) is 0. The number of fused-ring (bicyclic) bond motifs is 3. The van der Waals surface area contributed by atoms with Crippen molar-refractivity contribution in [3.63, 3.8) is 0 Å². The molecule has 0 bridgehead atoms. The van der Waals surface area contributed by atoms with Gasteiger partial charge < -0.3 is 4.57 Å². The van der Waals surface area contributed by atoms with Gasteiger partial charge in [-0.2, -0.15) is 0 Å². The van der Waals surface area contributed by atoms with Gasteiger partial charge in [-0.3, -0.25) is 0 Å². The molecule has 0 spiro atoms. The summed E-state index contributed by atoms with van der Waals surface area (Å²) in [6.45, 7) is 1.99. The van der Waals surface area contributed by atoms with E-state index in [9.17, 15) is 4.39 Å². The van der Waals surface area contributed by atoms with E-state index in [1.54, 1.807) is 18.6 Å². The molecule has 1 atom stereocenters. The van der Waals surface area contributed by atoms with E-state index in [4.69, 9.17) is 0 Å². The number of hydrogen-bond donors (Lipinski definition) is 0. The second-order valence-electron chi connectivity index (χ2n) is 3.56. The third kappa shape index (κ3) is 0.769. The summed E-state index contributed by atoms with van der Waals surface area (Å²) in [4.78, 5) is 4.06. The Morgan fingerprint density at radius 2 is 2.29 bits per heavy atom. The van der Waals surface area contributed by atoms with Crippen LogP contribution in [-0.2, 0) is 0 Å². The maximum atomic E-state index is 13.5. The van der Waals surface area contributed by atoms with Gasteiger partial charge in [0, 0.05) is 11.1 Å². The summed E-state index contributed by atoms with van der Waals surface area (Å²) in [6.07, 6.45) is 3.53. The van der Waals surface area contributed by atoms with E-state index in [0.29, 0.717) is 0 Å². The monoisotopic (exact) mass is 188 g/mol. The highest BCUT2D eigenvalue weighted by Gasteiger charge is 2.27. The van der Waals surface area contributed by atoms with Gasteiger partial charge in [0.15, 0.2) is 0 Å². The van der Waals surface area contributed by atoms with Gasteiger partial charge in [-0.1, -0.05) is 12.1 Å². The van der Waals surface area contributed by atoms with Crippen molar-refractivity contribution in [2.45, 2.75) is 13.0 Å². The molecule has 2 nitrogen and oxygen atoms in total. The van der Waals surface area contributed by atoms with E-state index in [-0.39, 0.29) is 11.9 Å². The molecule has 0 aliphatic carbocycles. The van der Waals surface area contributed by atoms with Gasteiger partial charge in [-0.15, -0.1) is 0 Å². The highest BCUT2D eigenvalue weighted by molar-refractivity contribution is 5.69. The van der Waals surface area contributed by atoms with Crippen molar-refractivity contribution in [3.05, 3.63) is 42.1 Å². The van der Waals surface area contributed by atoms with Crippen LogP contribution in [0.15, 0.2) is 30.7 Å². The Balaban J connectivity index is 2.38. The van der Waals surface area contributed by atoms with Crippen LogP contribution in [0.4, 0.5) is 4.39 Å². The molecule has 0 saturated carbocycles. The summed E-state index contributed by atoms with van der Waals surface area (Å²) < 4.78 is 15.5. The average molecular weight is 188 g/mol. The van der Waals surface area contributed by atoms with Crippen LogP contribution in [0, 0.1) is 5.82 Å². The predicted octanol–water partition coefficient (Wildman–Crippen LogP) is 2.61. The van der Waals surface area contributed by atoms with Crippen molar-refractivity contribution in [2.75, 3.05) is 0 Å². The predicted molar refractivity (Wildman–Crippen MR) is 51.4 cm³/mol. The van der Waals surface area contributed by atoms with Crippen molar-refractivity contribution >= 4 is 0 Å². The molecule has 0 N–H and O–H groups in total. The Bertz CT molecular complexity index is 502. The molecule has 1 aliphatic rings. The minimum absolute atomic E-state index is 0.0590. The van der Waals surface area contributed by atoms with Crippen LogP contribution < -0.4 is 0 Å². The zero-order valence-electron chi connectivity index (χ0n) is 7.74. The number of rotatable bonds is 0. The molecular weight excluding hydrogens is 179 g/mol. The first-order chi connectivity index (χ1) is 6.79. The fourth-order valence-electron chi connectivity index (χ4n) is 2.15. The van der Waals surface area contributed by atoms with Crippen molar-refractivity contribution < 1.29 is 4.39 Å². The lowest BCUT2D eigenvalue weighted by Gasteiger charge is -2.07. The van der Waals surface area contributed by atoms with Gasteiger partial charge in [0.2, 0.25) is 0 Å². The van der Waals surface area contributed by atoms with E-state index >= 15 is 0 Å². The number of benzene rings is 1. The topological polar surface area (TPSA) is 17.8 Å². The highest BCUT2D eigenvalue weighted by atomic mass is 19.1. The Labute approximate surface area is 81.0 Å². The smallest absolute Gasteiger partial charge is 0.129 e. The maximum Gasteiger partial charge on any atom is 0.129 e. The summed E-state index contributed by atoms with van der Waals surface area (Å²) in [6, 6.07) is 5.25. The molecule has 2 heterocycles. The van der Waals surface area contributed by atoms with Crippen molar-refractivity contribution in [1.29, 1.82) is 0 Å². The number of hydrogen-bond acceptors (Lipinski definition) is 1. The zero-order valence-corrected chi connectivity index (χ0v) is 7.74. The lowest BCUT2D eigenvalue weighted by molar-refractivity contribution is 0.575. The van der Waals surface area contributed by atoms with Crippen LogP contribution in [0.2, 0.25) is 0 Å². The molecule has 1 aromatic carbocycles. The third-order valence-electron chi connectivity index (χ3n) is 2.83. The molecule has 1 aliphatic heterocycles. The van der Waals surface area contributed by atoms with Gasteiger partial charge in [-0.05, 0) is 13.0 Å². The van der Waals surface area contributed by atoms with Crippen LogP contribution in [-0.4, -0.2) is 9.55 Å². The summed E-state index contributed by atoms with van der Waals surface area (Å²) >= 11 is 0. The Morgan fingerprint density at radius 3 is 3.14 bits per heavy atom. The van der Waals surface area contributed by atoms with Crippen LogP contribution in [0.1, 0.15) is 18.5 Å². The van der Waals surface area contributed by atoms with Gasteiger partial charge in [-0.25, -0.2) is 9.37 Å². The van der Waals surface area contributed by atoms with Crippen LogP contribution in [0.25, 0.3) is 11.3 Å². The molecule has 0 radical (unpaired) electrons. The van der Waals surface area contributed by atoms with E-state index in [2.05, 4.69) is 4.98 Å². The molecule has 3 heteroatoms. The van der Waals surface area contributed by atoms with E-state index in [0.717, 1.165) is 16.8 Å². The van der Waals surface area contributed by atoms with Gasteiger partial charge in [0.1, 0.15) is 5.82 Å². The van der Waals surface area contributed by atoms with Crippen LogP contribution in [0.3, 0.4) is 0 Å². The Morgan fingerprint density at radius 1 is 1.43 bits per heavy atom. The third-order valence-corrected chi connectivity index (χ3v) is 2.83. The number of aromatic nitrogens is 2. The largest absolute Gasteiger partial charge is 0.323 e. The van der Waals surface area contributed by atoms with Crippen molar-refractivity contribution in [1.82, 2.24) is 9.55 Å². The minimum Gasteiger partial charge on any atom is -0.323 e. The second kappa shape index (κ2) is 2.44. The average Bonchev–Trinajstić information content (AvgIpc) is 2.71. The minimum atomic E-state index is -0.126. The molecule has 0 amide bonds. The number of halogens is 1. The summed E-state index contributed by atoms with van der Waals surface area (Å²) in [5.74, 6) is -0.126. The van der Waals surface area contributed by atoms with E-state index in [1.165, 1.54) is 6.07 Å². The SMILES string of the molecule is C[C@H]1c2c(F)cccc2-c2cncn21. The molecule has 0 saturated heterocycles. The first kappa shape index (κ1) is 7.74. The lowest BCUT2D eigenvalue weighted by Crippen LogP contribution is -2.00. The Hall–Kier alpha value is -1.64. The quantitative estimate of drug-likeness (QED) is 0.621. The number of nitrogens with zero attached hydrogens (tertiary/aromatic N) is 2. The molecular formula is C11H9FN2. The molecule has 0 unspecified atom stereocenters. The highest BCUT2D eigenvalue weighted by Crippen LogP contribution is 2.39. The van der Waals surface area contributed by atoms with Crippen LogP contribution in [0.5, 0.6) is 0 Å². The van der Waals surface area contributed by atoms with Gasteiger partial charge in [0.05, 0.1) is 24.3 Å². The normalized spacial score (nSPS) is 18.0. The zero-order chi connectivity index (χ0) is 9.71. The standard InChI is InChI=1S/C11H9FN2/c1-7-11-8(3-2-4-9(11)12)10-5-13-6-14(7)10/h2-7H,1H3/t7-/m0/s1. The van der Waals surface area contributed by atoms with Gasteiger partial charge in [0.25, 0.3) is 0 Å². The molecule has 14 heavy (non-hydrogen) atoms. The van der Waals surface area contributed by atoms with Crippen LogP contribution >= 0.6 is 0 Å². The fraction of sp³-hybridized carbons (Fsp3) is 0.182. The fourth-order valence-corrected chi connectivity index (χ4v) is 2.15. The van der Waals surface area contributed by atoms with Gasteiger partial charge >= 0.3 is 0 Å². The Kier molecular flexibility index (Phi) is 1.35. The molecule has 3 rings (SSSR count). The lowest BCUT2D eigenvalue weighted by atomic mass is 10.0. The van der Waals surface area contributed by atoms with E-state index in [1.807, 2.05) is 17.6 Å². The molecule has 1 aromatic heterocycles. The van der Waals surface area contributed by atoms with Crippen molar-refractivity contribution in [2.24, 2.45) is 0 Å². The summed E-state index contributed by atoms with van der Waals surface area (Å²) in [7, 11) is 0. The molecule has 0 fully saturated rings. The summed E-state index contributed by atoms with van der Waals surface area (Å²) in [5.41, 5.74) is 2.76. The second-order valence-corrected chi connectivity index (χ2v) is 3.56. The first-order valence-electron chi connectivity index (χ1n) is 4.59.